The van der Waals surface area contributed by atoms with Crippen LogP contribution in [0.5, 0.6) is 5.75 Å². The van der Waals surface area contributed by atoms with Crippen molar-refractivity contribution in [1.29, 1.82) is 0 Å². The van der Waals surface area contributed by atoms with E-state index in [1.54, 1.807) is 30.4 Å². The molecule has 0 saturated heterocycles. The van der Waals surface area contributed by atoms with Crippen LogP contribution < -0.4 is 25.6 Å². The van der Waals surface area contributed by atoms with Crippen LogP contribution in [0.2, 0.25) is 0 Å². The number of likely N-dealkylation sites (N-methyl/N-ethyl adjacent to an activating group) is 1. The average Bonchev–Trinajstić information content (AvgIpc) is 3.51. The van der Waals surface area contributed by atoms with E-state index < -0.39 is 29.0 Å². The van der Waals surface area contributed by atoms with Gasteiger partial charge in [0.2, 0.25) is 11.8 Å². The monoisotopic (exact) mass is 696 g/mol. The smallest absolute Gasteiger partial charge is 0.321 e. The quantitative estimate of drug-likeness (QED) is 0.141. The average molecular weight is 697 g/mol. The molecule has 14 heteroatoms. The number of carbonyl (C=O) groups is 3. The van der Waals surface area contributed by atoms with Gasteiger partial charge in [0.25, 0.3) is 5.91 Å². The van der Waals surface area contributed by atoms with Crippen molar-refractivity contribution in [2.24, 2.45) is 0 Å². The minimum absolute atomic E-state index is 0.0749. The van der Waals surface area contributed by atoms with Crippen molar-refractivity contribution < 1.29 is 19.1 Å². The first-order chi connectivity index (χ1) is 24.1. The van der Waals surface area contributed by atoms with Gasteiger partial charge in [0, 0.05) is 42.2 Å². The number of anilines is 2. The van der Waals surface area contributed by atoms with Gasteiger partial charge in [0.1, 0.15) is 23.2 Å². The second-order valence-corrected chi connectivity index (χ2v) is 14.4. The predicted molar refractivity (Wildman–Crippen MR) is 196 cm³/mol. The number of urea groups is 1. The highest BCUT2D eigenvalue weighted by molar-refractivity contribution is 5.94. The van der Waals surface area contributed by atoms with E-state index in [4.69, 9.17) is 4.74 Å². The molecule has 0 spiro atoms. The van der Waals surface area contributed by atoms with Crippen LogP contribution in [0.4, 0.5) is 16.6 Å². The number of aromatic nitrogens is 5. The maximum atomic E-state index is 13.6. The summed E-state index contributed by atoms with van der Waals surface area (Å²) in [4.78, 5) is 52.7. The van der Waals surface area contributed by atoms with Crippen molar-refractivity contribution in [3.63, 3.8) is 0 Å². The van der Waals surface area contributed by atoms with Crippen molar-refractivity contribution >= 4 is 35.6 Å². The third-order valence-corrected chi connectivity index (χ3v) is 9.25. The number of fused-ring (bicyclic) bond motifs is 2. The van der Waals surface area contributed by atoms with Crippen molar-refractivity contribution in [3.8, 4) is 5.75 Å². The lowest BCUT2D eigenvalue weighted by Crippen LogP contribution is -2.49. The molecule has 0 aliphatic heterocycles. The highest BCUT2D eigenvalue weighted by Gasteiger charge is 2.38. The van der Waals surface area contributed by atoms with Crippen LogP contribution in [0.3, 0.4) is 0 Å². The number of hydrogen-bond donors (Lipinski definition) is 3. The summed E-state index contributed by atoms with van der Waals surface area (Å²) >= 11 is 0. The van der Waals surface area contributed by atoms with Crippen molar-refractivity contribution in [1.82, 2.24) is 40.1 Å². The molecule has 0 fully saturated rings. The number of ether oxygens (including phenoxy) is 1. The number of hydrogen-bond acceptors (Lipinski definition) is 10. The van der Waals surface area contributed by atoms with Gasteiger partial charge in [0.15, 0.2) is 11.9 Å². The van der Waals surface area contributed by atoms with Gasteiger partial charge >= 0.3 is 6.03 Å². The lowest BCUT2D eigenvalue weighted by Gasteiger charge is -2.34. The zero-order valence-corrected chi connectivity index (χ0v) is 30.8. The molecule has 4 aromatic rings. The van der Waals surface area contributed by atoms with Crippen LogP contribution in [0.1, 0.15) is 82.0 Å². The summed E-state index contributed by atoms with van der Waals surface area (Å²) in [5.74, 6) is 0.872. The second-order valence-electron chi connectivity index (χ2n) is 14.4. The fourth-order valence-corrected chi connectivity index (χ4v) is 5.56. The summed E-state index contributed by atoms with van der Waals surface area (Å²) in [5, 5.41) is 17.1. The molecule has 51 heavy (non-hydrogen) atoms. The minimum atomic E-state index is -1.51. The van der Waals surface area contributed by atoms with E-state index in [0.29, 0.717) is 41.0 Å². The van der Waals surface area contributed by atoms with Crippen LogP contribution >= 0.6 is 0 Å². The first-order valence-electron chi connectivity index (χ1n) is 17.1. The third kappa shape index (κ3) is 7.85. The lowest BCUT2D eigenvalue weighted by atomic mass is 9.81. The molecular weight excluding hydrogens is 648 g/mol. The molecule has 3 aromatic heterocycles. The molecule has 2 atom stereocenters. The van der Waals surface area contributed by atoms with E-state index >= 15 is 0 Å². The number of carbonyl (C=O) groups excluding carboxylic acids is 3. The molecule has 3 N–H and O–H groups in total. The van der Waals surface area contributed by atoms with Crippen molar-refractivity contribution in [3.05, 3.63) is 83.5 Å². The van der Waals surface area contributed by atoms with Crippen molar-refractivity contribution in [2.75, 3.05) is 43.9 Å². The molecule has 1 aliphatic carbocycles. The van der Waals surface area contributed by atoms with E-state index in [0.717, 1.165) is 19.0 Å². The van der Waals surface area contributed by atoms with E-state index in [2.05, 4.69) is 54.9 Å². The van der Waals surface area contributed by atoms with E-state index in [9.17, 15) is 14.4 Å². The normalized spacial score (nSPS) is 17.2. The molecule has 14 nitrogen and oxygen atoms in total. The summed E-state index contributed by atoms with van der Waals surface area (Å²) in [6.07, 6.45) is 5.34. The Kier molecular flexibility index (Phi) is 10.5. The second kappa shape index (κ2) is 14.5. The SMILES string of the molecule is CCN(CC)c1nnc2ccc(O[C@@H]3C=C[C@](C=O)(NC(=O)Nc4cc(C(C)(C)C)nc(C(=O)NCC(C)(C)N(C)C)n4)c4ccccc43)cn12. The van der Waals surface area contributed by atoms with Crippen LogP contribution in [-0.4, -0.2) is 87.0 Å². The number of benzene rings is 1. The highest BCUT2D eigenvalue weighted by atomic mass is 16.5. The van der Waals surface area contributed by atoms with Gasteiger partial charge in [-0.2, -0.15) is 0 Å². The van der Waals surface area contributed by atoms with Gasteiger partial charge in [-0.05, 0) is 71.6 Å². The first-order valence-corrected chi connectivity index (χ1v) is 17.1. The maximum absolute atomic E-state index is 13.6. The molecule has 0 bridgehead atoms. The molecule has 3 heterocycles. The molecular formula is C37H48N10O4. The van der Waals surface area contributed by atoms with Crippen LogP contribution in [0, 0.1) is 0 Å². The van der Waals surface area contributed by atoms with Gasteiger partial charge in [-0.3, -0.25) is 19.3 Å². The Morgan fingerprint density at radius 3 is 2.41 bits per heavy atom. The summed E-state index contributed by atoms with van der Waals surface area (Å²) < 4.78 is 8.34. The van der Waals surface area contributed by atoms with E-state index in [-0.39, 0.29) is 17.2 Å². The van der Waals surface area contributed by atoms with Gasteiger partial charge in [-0.1, -0.05) is 45.0 Å². The molecule has 270 valence electrons. The predicted octanol–water partition coefficient (Wildman–Crippen LogP) is 4.64. The number of nitrogens with one attached hydrogen (secondary N) is 3. The van der Waals surface area contributed by atoms with Gasteiger partial charge in [-0.15, -0.1) is 10.2 Å². The number of amides is 3. The molecule has 1 aromatic carbocycles. The Morgan fingerprint density at radius 1 is 1.02 bits per heavy atom. The Balaban J connectivity index is 1.39. The zero-order valence-electron chi connectivity index (χ0n) is 30.8. The number of rotatable bonds is 12. The first kappa shape index (κ1) is 36.9. The fourth-order valence-electron chi connectivity index (χ4n) is 5.56. The summed E-state index contributed by atoms with van der Waals surface area (Å²) in [6, 6.07) is 11.9. The van der Waals surface area contributed by atoms with Crippen LogP contribution in [0.15, 0.2) is 60.8 Å². The topological polar surface area (TPSA) is 159 Å². The molecule has 0 radical (unpaired) electrons. The standard InChI is InChI=1S/C37H48N10O4/c1-10-46(11-2)34-44-43-30-17-16-24(21-47(30)34)51-27-18-19-37(23-48,26-15-13-12-14-25(26)27)42-33(50)41-29-20-28(35(3,4)5)39-31(40-29)32(49)38-22-36(6,7)45(8)9/h12-21,23,27H,10-11,22H2,1-9H3,(H,38,49)(H2,39,40,41,42,50)/t27-,37-/m1/s1. The van der Waals surface area contributed by atoms with E-state index in [1.807, 2.05) is 88.5 Å². The molecule has 0 unspecified atom stereocenters. The summed E-state index contributed by atoms with van der Waals surface area (Å²) in [5.41, 5.74) is 0.242. The molecule has 1 aliphatic rings. The molecule has 0 saturated carbocycles. The van der Waals surface area contributed by atoms with Crippen LogP contribution in [-0.2, 0) is 15.7 Å². The highest BCUT2D eigenvalue weighted by Crippen LogP contribution is 2.37. The summed E-state index contributed by atoms with van der Waals surface area (Å²) in [6.45, 7) is 15.9. The number of aldehydes is 1. The Hall–Kier alpha value is -5.37. The minimum Gasteiger partial charge on any atom is -0.480 e. The number of nitrogens with zero attached hydrogens (tertiary/aromatic N) is 7. The fraction of sp³-hybridized carbons (Fsp3) is 0.432. The number of pyridine rings is 1. The third-order valence-electron chi connectivity index (χ3n) is 9.25. The lowest BCUT2D eigenvalue weighted by molar-refractivity contribution is -0.111. The van der Waals surface area contributed by atoms with Crippen molar-refractivity contribution in [2.45, 2.75) is 71.1 Å². The van der Waals surface area contributed by atoms with Gasteiger partial charge in [-0.25, -0.2) is 14.8 Å². The zero-order chi connectivity index (χ0) is 37.1. The van der Waals surface area contributed by atoms with Crippen LogP contribution in [0.25, 0.3) is 5.65 Å². The maximum Gasteiger partial charge on any atom is 0.321 e. The van der Waals surface area contributed by atoms with Gasteiger partial charge < -0.3 is 25.2 Å². The largest absolute Gasteiger partial charge is 0.480 e. The molecule has 5 rings (SSSR count). The Labute approximate surface area is 298 Å². The Morgan fingerprint density at radius 2 is 1.75 bits per heavy atom. The summed E-state index contributed by atoms with van der Waals surface area (Å²) in [7, 11) is 3.87. The van der Waals surface area contributed by atoms with Gasteiger partial charge in [0.05, 0.1) is 11.9 Å². The Bertz CT molecular complexity index is 1940. The van der Waals surface area contributed by atoms with E-state index in [1.165, 1.54) is 0 Å². The molecule has 3 amide bonds.